The number of thiophene rings is 1. The van der Waals surface area contributed by atoms with E-state index in [1.165, 1.54) is 15.6 Å². The summed E-state index contributed by atoms with van der Waals surface area (Å²) in [5.74, 6) is 0. The Bertz CT molecular complexity index is 521. The lowest BCUT2D eigenvalue weighted by atomic mass is 10.1. The van der Waals surface area contributed by atoms with Gasteiger partial charge in [0.2, 0.25) is 0 Å². The van der Waals surface area contributed by atoms with Gasteiger partial charge in [0.05, 0.1) is 6.10 Å². The Labute approximate surface area is 125 Å². The molecule has 1 fully saturated rings. The van der Waals surface area contributed by atoms with Crippen molar-refractivity contribution in [2.45, 2.75) is 36.1 Å². The van der Waals surface area contributed by atoms with E-state index in [1.807, 2.05) is 13.1 Å². The van der Waals surface area contributed by atoms with Gasteiger partial charge in [-0.2, -0.15) is 4.31 Å². The third kappa shape index (κ3) is 3.79. The van der Waals surface area contributed by atoms with Crippen LogP contribution in [-0.2, 0) is 21.3 Å². The third-order valence-electron chi connectivity index (χ3n) is 3.39. The molecule has 114 valence electrons. The van der Waals surface area contributed by atoms with Gasteiger partial charge >= 0.3 is 0 Å². The van der Waals surface area contributed by atoms with Crippen molar-refractivity contribution in [3.05, 3.63) is 17.0 Å². The Morgan fingerprint density at radius 3 is 2.90 bits per heavy atom. The quantitative estimate of drug-likeness (QED) is 0.866. The number of rotatable bonds is 6. The molecule has 7 heteroatoms. The van der Waals surface area contributed by atoms with E-state index >= 15 is 0 Å². The summed E-state index contributed by atoms with van der Waals surface area (Å²) in [6.07, 6.45) is 3.16. The van der Waals surface area contributed by atoms with E-state index in [4.69, 9.17) is 4.74 Å². The van der Waals surface area contributed by atoms with Crippen molar-refractivity contribution < 1.29 is 13.2 Å². The molecule has 1 unspecified atom stereocenters. The van der Waals surface area contributed by atoms with Crippen LogP contribution in [0.2, 0.25) is 0 Å². The standard InChI is InChI=1S/C13H22N2O3S2/c1-14-9-12-6-7-13(19-12)20(16,17)15(2)10-11-5-3-4-8-18-11/h6-7,11,14H,3-5,8-10H2,1-2H3. The van der Waals surface area contributed by atoms with Gasteiger partial charge < -0.3 is 10.1 Å². The van der Waals surface area contributed by atoms with Crippen molar-refractivity contribution in [2.24, 2.45) is 0 Å². The molecule has 5 nitrogen and oxygen atoms in total. The van der Waals surface area contributed by atoms with Crippen molar-refractivity contribution in [1.82, 2.24) is 9.62 Å². The molecule has 1 saturated heterocycles. The van der Waals surface area contributed by atoms with Crippen LogP contribution >= 0.6 is 11.3 Å². The molecule has 0 aliphatic carbocycles. The van der Waals surface area contributed by atoms with Gasteiger partial charge in [0, 0.05) is 31.6 Å². The molecule has 1 N–H and O–H groups in total. The second-order valence-corrected chi connectivity index (χ2v) is 8.47. The summed E-state index contributed by atoms with van der Waals surface area (Å²) in [5.41, 5.74) is 0. The SMILES string of the molecule is CNCc1ccc(S(=O)(=O)N(C)CC2CCCCO2)s1. The van der Waals surface area contributed by atoms with E-state index in [2.05, 4.69) is 5.32 Å². The Hall–Kier alpha value is -0.470. The molecule has 0 saturated carbocycles. The van der Waals surface area contributed by atoms with Gasteiger partial charge in [-0.05, 0) is 38.4 Å². The molecule has 1 aliphatic heterocycles. The van der Waals surface area contributed by atoms with Crippen molar-refractivity contribution in [1.29, 1.82) is 0 Å². The second-order valence-electron chi connectivity index (χ2n) is 5.03. The van der Waals surface area contributed by atoms with Crippen molar-refractivity contribution >= 4 is 21.4 Å². The summed E-state index contributed by atoms with van der Waals surface area (Å²) in [7, 11) is 0.0856. The first kappa shape index (κ1) is 15.9. The summed E-state index contributed by atoms with van der Waals surface area (Å²) >= 11 is 1.32. The highest BCUT2D eigenvalue weighted by Gasteiger charge is 2.26. The zero-order chi connectivity index (χ0) is 14.6. The molecule has 1 aromatic heterocycles. The number of hydrogen-bond acceptors (Lipinski definition) is 5. The van der Waals surface area contributed by atoms with Gasteiger partial charge in [-0.1, -0.05) is 0 Å². The lowest BCUT2D eigenvalue weighted by Gasteiger charge is -2.26. The zero-order valence-electron chi connectivity index (χ0n) is 12.0. The maximum Gasteiger partial charge on any atom is 0.252 e. The molecular weight excluding hydrogens is 296 g/mol. The van der Waals surface area contributed by atoms with Crippen LogP contribution in [0.4, 0.5) is 0 Å². The first-order valence-electron chi connectivity index (χ1n) is 6.85. The molecule has 20 heavy (non-hydrogen) atoms. The maximum absolute atomic E-state index is 12.5. The highest BCUT2D eigenvalue weighted by atomic mass is 32.2. The molecule has 0 spiro atoms. The van der Waals surface area contributed by atoms with Gasteiger partial charge in [-0.25, -0.2) is 8.42 Å². The molecule has 0 radical (unpaired) electrons. The predicted octanol–water partition coefficient (Wildman–Crippen LogP) is 1.66. The van der Waals surface area contributed by atoms with Crippen molar-refractivity contribution in [2.75, 3.05) is 27.2 Å². The van der Waals surface area contributed by atoms with Gasteiger partial charge in [0.25, 0.3) is 10.0 Å². The van der Waals surface area contributed by atoms with Crippen LogP contribution < -0.4 is 5.32 Å². The highest BCUT2D eigenvalue weighted by Crippen LogP contribution is 2.25. The topological polar surface area (TPSA) is 58.6 Å². The number of nitrogens with one attached hydrogen (secondary N) is 1. The van der Waals surface area contributed by atoms with Gasteiger partial charge in [-0.3, -0.25) is 0 Å². The fourth-order valence-corrected chi connectivity index (χ4v) is 5.04. The molecule has 1 aliphatic rings. The minimum atomic E-state index is -3.39. The van der Waals surface area contributed by atoms with Crippen LogP contribution in [0.15, 0.2) is 16.3 Å². The zero-order valence-corrected chi connectivity index (χ0v) is 13.6. The lowest BCUT2D eigenvalue weighted by Crippen LogP contribution is -2.36. The molecule has 0 bridgehead atoms. The fourth-order valence-electron chi connectivity index (χ4n) is 2.26. The molecule has 1 atom stereocenters. The summed E-state index contributed by atoms with van der Waals surface area (Å²) in [6.45, 7) is 1.86. The smallest absolute Gasteiger partial charge is 0.252 e. The van der Waals surface area contributed by atoms with Crippen LogP contribution in [0.25, 0.3) is 0 Å². The number of nitrogens with zero attached hydrogens (tertiary/aromatic N) is 1. The lowest BCUT2D eigenvalue weighted by molar-refractivity contribution is 0.00860. The van der Waals surface area contributed by atoms with Crippen LogP contribution in [0.3, 0.4) is 0 Å². The molecule has 1 aromatic rings. The molecular formula is C13H22N2O3S2. The highest BCUT2D eigenvalue weighted by molar-refractivity contribution is 7.91. The Balaban J connectivity index is 2.03. The van der Waals surface area contributed by atoms with Crippen LogP contribution in [-0.4, -0.2) is 46.1 Å². The van der Waals surface area contributed by atoms with E-state index in [9.17, 15) is 8.42 Å². The maximum atomic E-state index is 12.5. The van der Waals surface area contributed by atoms with Crippen molar-refractivity contribution in [3.8, 4) is 0 Å². The second kappa shape index (κ2) is 7.00. The average Bonchev–Trinajstić information content (AvgIpc) is 2.89. The Kier molecular flexibility index (Phi) is 5.57. The first-order valence-corrected chi connectivity index (χ1v) is 9.11. The van der Waals surface area contributed by atoms with Crippen molar-refractivity contribution in [3.63, 3.8) is 0 Å². The minimum Gasteiger partial charge on any atom is -0.377 e. The summed E-state index contributed by atoms with van der Waals surface area (Å²) < 4.78 is 32.4. The number of hydrogen-bond donors (Lipinski definition) is 1. The van der Waals surface area contributed by atoms with Gasteiger partial charge in [-0.15, -0.1) is 11.3 Å². The van der Waals surface area contributed by atoms with Crippen LogP contribution in [0, 0.1) is 0 Å². The first-order chi connectivity index (χ1) is 9.54. The monoisotopic (exact) mass is 318 g/mol. The summed E-state index contributed by atoms with van der Waals surface area (Å²) in [6, 6.07) is 3.55. The van der Waals surface area contributed by atoms with Crippen LogP contribution in [0.5, 0.6) is 0 Å². The van der Waals surface area contributed by atoms with E-state index in [1.54, 1.807) is 13.1 Å². The minimum absolute atomic E-state index is 0.0280. The molecule has 0 amide bonds. The number of likely N-dealkylation sites (N-methyl/N-ethyl adjacent to an activating group) is 1. The van der Waals surface area contributed by atoms with Gasteiger partial charge in [0.1, 0.15) is 4.21 Å². The third-order valence-corrected chi connectivity index (χ3v) is 6.76. The number of ether oxygens (including phenoxy) is 1. The Morgan fingerprint density at radius 1 is 1.45 bits per heavy atom. The fraction of sp³-hybridized carbons (Fsp3) is 0.692. The van der Waals surface area contributed by atoms with Gasteiger partial charge in [0.15, 0.2) is 0 Å². The largest absolute Gasteiger partial charge is 0.377 e. The summed E-state index contributed by atoms with van der Waals surface area (Å²) in [5, 5.41) is 3.03. The molecule has 2 rings (SSSR count). The van der Waals surface area contributed by atoms with E-state index < -0.39 is 10.0 Å². The summed E-state index contributed by atoms with van der Waals surface area (Å²) in [4.78, 5) is 1.02. The Morgan fingerprint density at radius 2 is 2.25 bits per heavy atom. The average molecular weight is 318 g/mol. The van der Waals surface area contributed by atoms with Crippen LogP contribution in [0.1, 0.15) is 24.1 Å². The predicted molar refractivity (Wildman–Crippen MR) is 80.5 cm³/mol. The number of sulfonamides is 1. The van der Waals surface area contributed by atoms with E-state index in [0.29, 0.717) is 17.3 Å². The molecule has 0 aromatic carbocycles. The van der Waals surface area contributed by atoms with E-state index in [0.717, 1.165) is 30.7 Å². The normalized spacial score (nSPS) is 20.4. The van der Waals surface area contributed by atoms with E-state index in [-0.39, 0.29) is 6.10 Å². The molecule has 2 heterocycles.